The maximum atomic E-state index is 15.1. The number of likely N-dealkylation sites (N-methyl/N-ethyl adjacent to an activating group) is 1. The highest BCUT2D eigenvalue weighted by Gasteiger charge is 2.23. The van der Waals surface area contributed by atoms with Crippen molar-refractivity contribution in [1.29, 1.82) is 0 Å². The summed E-state index contributed by atoms with van der Waals surface area (Å²) in [5.41, 5.74) is 3.27. The van der Waals surface area contributed by atoms with E-state index in [4.69, 9.17) is 9.84 Å². The number of hydrogen-bond acceptors (Lipinski definition) is 8. The van der Waals surface area contributed by atoms with Gasteiger partial charge in [0.25, 0.3) is 5.91 Å². The van der Waals surface area contributed by atoms with Gasteiger partial charge in [-0.2, -0.15) is 10.2 Å². The molecule has 0 saturated heterocycles. The van der Waals surface area contributed by atoms with Crippen LogP contribution in [0.4, 0.5) is 10.1 Å². The van der Waals surface area contributed by atoms with E-state index in [-0.39, 0.29) is 18.0 Å². The molecule has 0 spiro atoms. The first kappa shape index (κ1) is 31.2. The Morgan fingerprint density at radius 2 is 2.00 bits per heavy atom. The summed E-state index contributed by atoms with van der Waals surface area (Å²) in [5, 5.41) is 15.3. The van der Waals surface area contributed by atoms with E-state index in [1.54, 1.807) is 50.9 Å². The number of nitrogens with zero attached hydrogens (tertiary/aromatic N) is 6. The number of aromatic nitrogens is 5. The average molecular weight is 643 g/mol. The zero-order valence-electron chi connectivity index (χ0n) is 25.9. The van der Waals surface area contributed by atoms with E-state index in [0.29, 0.717) is 51.8 Å². The molecule has 2 N–H and O–H groups in total. The number of nitrogens with one attached hydrogen (secondary N) is 2. The van der Waals surface area contributed by atoms with Gasteiger partial charge in [0.05, 0.1) is 11.9 Å². The lowest BCUT2D eigenvalue weighted by atomic mass is 10.0. The number of carbonyl (C=O) groups is 2. The molecule has 1 atom stereocenters. The first-order valence-electron chi connectivity index (χ1n) is 15.1. The van der Waals surface area contributed by atoms with Gasteiger partial charge in [0.15, 0.2) is 5.65 Å². The van der Waals surface area contributed by atoms with Crippen LogP contribution in [-0.4, -0.2) is 67.2 Å². The number of fused-ring (bicyclic) bond motifs is 2. The average Bonchev–Trinajstić information content (AvgIpc) is 3.66. The number of amides is 2. The molecule has 0 aliphatic carbocycles. The van der Waals surface area contributed by atoms with Crippen LogP contribution in [0.25, 0.3) is 16.9 Å². The predicted octanol–water partition coefficient (Wildman–Crippen LogP) is 5.56. The Labute approximate surface area is 270 Å². The summed E-state index contributed by atoms with van der Waals surface area (Å²) in [7, 11) is 3.32. The van der Waals surface area contributed by atoms with Crippen molar-refractivity contribution in [3.63, 3.8) is 0 Å². The van der Waals surface area contributed by atoms with Gasteiger partial charge < -0.3 is 20.3 Å². The zero-order chi connectivity index (χ0) is 32.2. The lowest BCUT2D eigenvalue weighted by Crippen LogP contribution is -2.26. The standard InChI is InChI=1S/C33H35FN8O3S/c1-4-6-29(34)46-28-10-9-24(45-23-8-7-21-11-13-35-17-22(21)15-23)16-25(28)31-27(19-41(39-31)20-30(43)40(2)3)38-33(44)26-18-37-42-14-5-12-36-32(26)42/h5,7-10,12,14-16,18-19,29,35H,4,6,11,13,17,20H2,1-3H3,(H,38,44). The Kier molecular flexibility index (Phi) is 9.31. The summed E-state index contributed by atoms with van der Waals surface area (Å²) in [4.78, 5) is 32.6. The first-order chi connectivity index (χ1) is 22.3. The number of anilines is 1. The fourth-order valence-corrected chi connectivity index (χ4v) is 6.25. The Morgan fingerprint density at radius 3 is 2.83 bits per heavy atom. The molecule has 13 heteroatoms. The fourth-order valence-electron chi connectivity index (χ4n) is 5.19. The normalized spacial score (nSPS) is 13.3. The second kappa shape index (κ2) is 13.7. The van der Waals surface area contributed by atoms with Crippen molar-refractivity contribution in [2.75, 3.05) is 26.0 Å². The molecular weight excluding hydrogens is 607 g/mol. The van der Waals surface area contributed by atoms with Gasteiger partial charge in [-0.3, -0.25) is 14.3 Å². The molecule has 1 unspecified atom stereocenters. The molecular formula is C33H35FN8O3S. The van der Waals surface area contributed by atoms with Gasteiger partial charge in [-0.05, 0) is 66.9 Å². The molecule has 3 aromatic heterocycles. The van der Waals surface area contributed by atoms with Gasteiger partial charge in [0.2, 0.25) is 5.91 Å². The highest BCUT2D eigenvalue weighted by atomic mass is 32.2. The second-order valence-corrected chi connectivity index (χ2v) is 12.4. The molecule has 5 aromatic rings. The van der Waals surface area contributed by atoms with Gasteiger partial charge >= 0.3 is 0 Å². The van der Waals surface area contributed by atoms with Crippen LogP contribution < -0.4 is 15.4 Å². The topological polar surface area (TPSA) is 119 Å². The van der Waals surface area contributed by atoms with Gasteiger partial charge in [-0.25, -0.2) is 13.9 Å². The summed E-state index contributed by atoms with van der Waals surface area (Å²) < 4.78 is 24.4. The molecule has 2 amide bonds. The summed E-state index contributed by atoms with van der Waals surface area (Å²) in [6.07, 6.45) is 8.36. The van der Waals surface area contributed by atoms with Gasteiger partial charge in [-0.15, -0.1) is 0 Å². The highest BCUT2D eigenvalue weighted by molar-refractivity contribution is 7.99. The first-order valence-corrected chi connectivity index (χ1v) is 16.0. The van der Waals surface area contributed by atoms with Crippen molar-refractivity contribution >= 4 is 34.9 Å². The van der Waals surface area contributed by atoms with E-state index in [0.717, 1.165) is 31.3 Å². The number of alkyl halides is 1. The predicted molar refractivity (Wildman–Crippen MR) is 175 cm³/mol. The monoisotopic (exact) mass is 642 g/mol. The van der Waals surface area contributed by atoms with E-state index in [9.17, 15) is 9.59 Å². The molecule has 1 aliphatic heterocycles. The van der Waals surface area contributed by atoms with E-state index in [1.165, 1.54) is 31.4 Å². The number of carbonyl (C=O) groups excluding carboxylic acids is 2. The molecule has 46 heavy (non-hydrogen) atoms. The number of halogens is 1. The van der Waals surface area contributed by atoms with Crippen LogP contribution in [0, 0.1) is 0 Å². The molecule has 6 rings (SSSR count). The lowest BCUT2D eigenvalue weighted by molar-refractivity contribution is -0.129. The smallest absolute Gasteiger partial charge is 0.261 e. The lowest BCUT2D eigenvalue weighted by Gasteiger charge is -2.18. The van der Waals surface area contributed by atoms with Crippen LogP contribution >= 0.6 is 11.8 Å². The third-order valence-electron chi connectivity index (χ3n) is 7.61. The number of rotatable bonds is 11. The molecule has 1 aliphatic rings. The Morgan fingerprint density at radius 1 is 1.17 bits per heavy atom. The number of hydrogen-bond donors (Lipinski definition) is 2. The second-order valence-electron chi connectivity index (χ2n) is 11.2. The third-order valence-corrected chi connectivity index (χ3v) is 8.71. The Bertz CT molecular complexity index is 1890. The largest absolute Gasteiger partial charge is 0.457 e. The molecule has 238 valence electrons. The van der Waals surface area contributed by atoms with Gasteiger partial charge in [-0.1, -0.05) is 31.2 Å². The van der Waals surface area contributed by atoms with E-state index in [2.05, 4.69) is 26.8 Å². The maximum Gasteiger partial charge on any atom is 0.261 e. The summed E-state index contributed by atoms with van der Waals surface area (Å²) >= 11 is 1.09. The minimum atomic E-state index is -1.15. The molecule has 4 heterocycles. The van der Waals surface area contributed by atoms with Crippen LogP contribution in [0.5, 0.6) is 11.5 Å². The van der Waals surface area contributed by atoms with Crippen molar-refractivity contribution in [2.24, 2.45) is 0 Å². The van der Waals surface area contributed by atoms with Crippen LogP contribution in [0.3, 0.4) is 0 Å². The molecule has 11 nitrogen and oxygen atoms in total. The molecule has 0 radical (unpaired) electrons. The van der Waals surface area contributed by atoms with Crippen molar-refractivity contribution in [3.05, 3.63) is 83.9 Å². The van der Waals surface area contributed by atoms with Crippen LogP contribution in [0.1, 0.15) is 41.3 Å². The van der Waals surface area contributed by atoms with E-state index in [1.807, 2.05) is 25.1 Å². The quantitative estimate of drug-likeness (QED) is 0.180. The van der Waals surface area contributed by atoms with Gasteiger partial charge in [0, 0.05) is 49.7 Å². The number of benzene rings is 2. The fraction of sp³-hybridized carbons (Fsp3) is 0.303. The van der Waals surface area contributed by atoms with Crippen molar-refractivity contribution < 1.29 is 18.7 Å². The Balaban J connectivity index is 1.40. The minimum absolute atomic E-state index is 0.0580. The van der Waals surface area contributed by atoms with E-state index >= 15 is 4.39 Å². The summed E-state index contributed by atoms with van der Waals surface area (Å²) in [6, 6.07) is 13.2. The number of thioether (sulfide) groups is 1. The van der Waals surface area contributed by atoms with Crippen molar-refractivity contribution in [2.45, 2.75) is 49.7 Å². The molecule has 0 saturated carbocycles. The third kappa shape index (κ3) is 6.90. The van der Waals surface area contributed by atoms with Crippen molar-refractivity contribution in [3.8, 4) is 22.8 Å². The van der Waals surface area contributed by atoms with E-state index < -0.39 is 11.4 Å². The summed E-state index contributed by atoms with van der Waals surface area (Å²) in [6.45, 7) is 3.60. The highest BCUT2D eigenvalue weighted by Crippen LogP contribution is 2.41. The minimum Gasteiger partial charge on any atom is -0.457 e. The molecule has 0 fully saturated rings. The Hall–Kier alpha value is -4.75. The molecule has 0 bridgehead atoms. The summed E-state index contributed by atoms with van der Waals surface area (Å²) in [5.74, 6) is 0.572. The number of ether oxygens (including phenoxy) is 1. The van der Waals surface area contributed by atoms with Crippen LogP contribution in [0.2, 0.25) is 0 Å². The zero-order valence-corrected chi connectivity index (χ0v) is 26.7. The SMILES string of the molecule is CCCC(F)Sc1ccc(Oc2ccc3c(c2)CNCC3)cc1-c1nn(CC(=O)N(C)C)cc1NC(=O)c1cnn2cccnc12. The van der Waals surface area contributed by atoms with Crippen LogP contribution in [0.15, 0.2) is 72.1 Å². The molecule has 2 aromatic carbocycles. The van der Waals surface area contributed by atoms with Gasteiger partial charge in [0.1, 0.15) is 34.8 Å². The maximum absolute atomic E-state index is 15.1. The van der Waals surface area contributed by atoms with Crippen molar-refractivity contribution in [1.82, 2.24) is 34.6 Å². The van der Waals surface area contributed by atoms with Crippen LogP contribution in [-0.2, 0) is 24.3 Å².